The van der Waals surface area contributed by atoms with E-state index < -0.39 is 5.97 Å². The molecule has 3 N–H and O–H groups in total. The maximum absolute atomic E-state index is 12.0. The van der Waals surface area contributed by atoms with Crippen LogP contribution in [0.3, 0.4) is 0 Å². The highest BCUT2D eigenvalue weighted by Crippen LogP contribution is 2.28. The van der Waals surface area contributed by atoms with Gasteiger partial charge in [-0.25, -0.2) is 4.98 Å². The molecule has 3 aromatic heterocycles. The molecule has 0 amide bonds. The molecule has 3 aromatic rings. The van der Waals surface area contributed by atoms with Gasteiger partial charge in [0, 0.05) is 39.0 Å². The lowest BCUT2D eigenvalue weighted by Gasteiger charge is -2.20. The number of pyridine rings is 1. The van der Waals surface area contributed by atoms with Crippen LogP contribution in [0.5, 0.6) is 0 Å². The van der Waals surface area contributed by atoms with Gasteiger partial charge in [0.1, 0.15) is 11.0 Å². The van der Waals surface area contributed by atoms with Crippen LogP contribution in [-0.4, -0.2) is 61.7 Å². The number of anilines is 3. The molecular weight excluding hydrogens is 402 g/mol. The van der Waals surface area contributed by atoms with Crippen LogP contribution < -0.4 is 15.8 Å². The summed E-state index contributed by atoms with van der Waals surface area (Å²) in [6, 6.07) is 3.11. The summed E-state index contributed by atoms with van der Waals surface area (Å²) in [5.41, 5.74) is 1.28. The second-order valence-electron chi connectivity index (χ2n) is 6.83. The lowest BCUT2D eigenvalue weighted by molar-refractivity contribution is 0.0690. The number of ether oxygens (including phenoxy) is 1. The third-order valence-corrected chi connectivity index (χ3v) is 4.84. The Balaban J connectivity index is 2.22. The minimum Gasteiger partial charge on any atom is -0.560 e. The summed E-state index contributed by atoms with van der Waals surface area (Å²) in [4.78, 5) is 35.0. The average Bonchev–Trinajstić information content (AvgIpc) is 3.11. The zero-order valence-electron chi connectivity index (χ0n) is 18.2. The molecule has 166 valence electrons. The van der Waals surface area contributed by atoms with Crippen LogP contribution in [-0.2, 0) is 18.3 Å². The van der Waals surface area contributed by atoms with E-state index in [1.165, 1.54) is 10.6 Å². The maximum Gasteiger partial charge on any atom is 0.572 e. The van der Waals surface area contributed by atoms with Gasteiger partial charge < -0.3 is 24.6 Å². The van der Waals surface area contributed by atoms with Gasteiger partial charge in [-0.05, 0) is 26.8 Å². The van der Waals surface area contributed by atoms with Crippen LogP contribution in [0.2, 0.25) is 0 Å². The van der Waals surface area contributed by atoms with E-state index in [1.54, 1.807) is 24.0 Å². The molecule has 3 heterocycles. The number of carbonyl (C=O) groups is 1. The Bertz CT molecular complexity index is 1130. The molecule has 0 atom stereocenters. The Kier molecular flexibility index (Phi) is 6.85. The van der Waals surface area contributed by atoms with E-state index in [9.17, 15) is 9.59 Å². The van der Waals surface area contributed by atoms with E-state index in [0.717, 1.165) is 0 Å². The fraction of sp³-hybridized carbons (Fsp3) is 0.450. The summed E-state index contributed by atoms with van der Waals surface area (Å²) < 4.78 is 8.48. The first-order valence-corrected chi connectivity index (χ1v) is 10.2. The van der Waals surface area contributed by atoms with Crippen LogP contribution in [0.1, 0.15) is 31.3 Å². The Hall–Kier alpha value is -3.47. The number of hydrogen-bond donors (Lipinski definition) is 1. The van der Waals surface area contributed by atoms with E-state index in [4.69, 9.17) is 14.8 Å². The summed E-state index contributed by atoms with van der Waals surface area (Å²) >= 11 is 0. The fourth-order valence-corrected chi connectivity index (χ4v) is 3.22. The number of aryl methyl sites for hydroxylation is 1. The van der Waals surface area contributed by atoms with Crippen molar-refractivity contribution in [3.05, 3.63) is 34.4 Å². The zero-order valence-corrected chi connectivity index (χ0v) is 18.2. The molecule has 31 heavy (non-hydrogen) atoms. The van der Waals surface area contributed by atoms with Crippen LogP contribution in [0.4, 0.5) is 17.5 Å². The van der Waals surface area contributed by atoms with E-state index in [2.05, 4.69) is 15.4 Å². The smallest absolute Gasteiger partial charge is 0.560 e. The SMILES string of the molecule is CCOCCn1nc(C(=O)[OH2+])c2nc(N(CC)CC)nc(Nc3ccc(=O)n(C)c3)c21. The molecule has 0 fully saturated rings. The number of carbonyl (C=O) groups excluding carboxylic acids is 1. The van der Waals surface area contributed by atoms with Gasteiger partial charge in [-0.1, -0.05) is 0 Å². The van der Waals surface area contributed by atoms with Gasteiger partial charge in [0.05, 0.1) is 23.6 Å². The average molecular weight is 430 g/mol. The van der Waals surface area contributed by atoms with Crippen molar-refractivity contribution in [1.82, 2.24) is 24.3 Å². The molecule has 11 nitrogen and oxygen atoms in total. The van der Waals surface area contributed by atoms with Crippen LogP contribution in [0.25, 0.3) is 11.0 Å². The van der Waals surface area contributed by atoms with Gasteiger partial charge in [-0.15, -0.1) is 0 Å². The highest BCUT2D eigenvalue weighted by molar-refractivity contribution is 6.03. The largest absolute Gasteiger partial charge is 0.572 e. The zero-order chi connectivity index (χ0) is 22.5. The summed E-state index contributed by atoms with van der Waals surface area (Å²) in [6.07, 6.45) is 1.66. The highest BCUT2D eigenvalue weighted by Gasteiger charge is 2.28. The minimum atomic E-state index is -0.919. The lowest BCUT2D eigenvalue weighted by Crippen LogP contribution is -2.24. The molecular formula is C20H28N7O4+. The third-order valence-electron chi connectivity index (χ3n) is 4.84. The van der Waals surface area contributed by atoms with E-state index in [0.29, 0.717) is 61.3 Å². The van der Waals surface area contributed by atoms with Crippen molar-refractivity contribution in [2.45, 2.75) is 27.3 Å². The number of nitrogens with one attached hydrogen (secondary N) is 1. The molecule has 3 rings (SSSR count). The Morgan fingerprint density at radius 1 is 1.23 bits per heavy atom. The van der Waals surface area contributed by atoms with Crippen molar-refractivity contribution in [2.75, 3.05) is 36.5 Å². The summed E-state index contributed by atoms with van der Waals surface area (Å²) in [7, 11) is 1.66. The molecule has 0 radical (unpaired) electrons. The Morgan fingerprint density at radius 3 is 2.58 bits per heavy atom. The van der Waals surface area contributed by atoms with Gasteiger partial charge in [-0.3, -0.25) is 9.48 Å². The third kappa shape index (κ3) is 4.66. The van der Waals surface area contributed by atoms with Gasteiger partial charge >= 0.3 is 5.97 Å². The second-order valence-corrected chi connectivity index (χ2v) is 6.83. The molecule has 11 heteroatoms. The number of fused-ring (bicyclic) bond motifs is 1. The van der Waals surface area contributed by atoms with Crippen molar-refractivity contribution in [1.29, 1.82) is 0 Å². The molecule has 0 aliphatic rings. The second kappa shape index (κ2) is 9.56. The molecule has 0 saturated heterocycles. The van der Waals surface area contributed by atoms with E-state index >= 15 is 0 Å². The van der Waals surface area contributed by atoms with Crippen LogP contribution in [0.15, 0.2) is 23.1 Å². The molecule has 0 aliphatic heterocycles. The van der Waals surface area contributed by atoms with Gasteiger partial charge in [0.15, 0.2) is 5.82 Å². The minimum absolute atomic E-state index is 0.0363. The van der Waals surface area contributed by atoms with E-state index in [1.807, 2.05) is 25.7 Å². The van der Waals surface area contributed by atoms with Crippen molar-refractivity contribution in [2.24, 2.45) is 7.05 Å². The molecule has 0 aromatic carbocycles. The van der Waals surface area contributed by atoms with Crippen molar-refractivity contribution >= 4 is 34.5 Å². The summed E-state index contributed by atoms with van der Waals surface area (Å²) in [6.45, 7) is 8.51. The first-order chi connectivity index (χ1) is 14.9. The standard InChI is InChI=1S/C20H27N7O4/c1-5-26(6-2)20-22-15-16(19(29)30)24-27(10-11-31-7-3)17(15)18(23-20)21-13-8-9-14(28)25(4)12-13/h8-9,12H,5-7,10-11H2,1-4H3,(H,29,30)(H,21,22,23)/p+1. The summed E-state index contributed by atoms with van der Waals surface area (Å²) in [5.74, 6) is -0.0591. The van der Waals surface area contributed by atoms with Gasteiger partial charge in [-0.2, -0.15) is 10.1 Å². The quantitative estimate of drug-likeness (QED) is 0.373. The maximum atomic E-state index is 12.0. The molecule has 0 spiro atoms. The Morgan fingerprint density at radius 2 is 1.97 bits per heavy atom. The van der Waals surface area contributed by atoms with Crippen molar-refractivity contribution in [3.63, 3.8) is 0 Å². The van der Waals surface area contributed by atoms with Crippen LogP contribution >= 0.6 is 0 Å². The van der Waals surface area contributed by atoms with E-state index in [-0.39, 0.29) is 11.3 Å². The van der Waals surface area contributed by atoms with Gasteiger partial charge in [0.2, 0.25) is 11.5 Å². The molecule has 0 unspecified atom stereocenters. The van der Waals surface area contributed by atoms with Crippen molar-refractivity contribution in [3.8, 4) is 0 Å². The van der Waals surface area contributed by atoms with Crippen LogP contribution in [0, 0.1) is 0 Å². The predicted molar refractivity (Wildman–Crippen MR) is 118 cm³/mol. The number of rotatable bonds is 10. The van der Waals surface area contributed by atoms with Crippen molar-refractivity contribution < 1.29 is 14.6 Å². The monoisotopic (exact) mass is 430 g/mol. The lowest BCUT2D eigenvalue weighted by atomic mass is 10.3. The predicted octanol–water partition coefficient (Wildman–Crippen LogP) is 1.02. The first kappa shape index (κ1) is 22.2. The molecule has 0 aliphatic carbocycles. The molecule has 0 bridgehead atoms. The topological polar surface area (TPSA) is 130 Å². The van der Waals surface area contributed by atoms with Gasteiger partial charge in [0.25, 0.3) is 5.69 Å². The number of hydrogen-bond acceptors (Lipinski definition) is 8. The fourth-order valence-electron chi connectivity index (χ4n) is 3.22. The number of aromatic nitrogens is 5. The number of nitrogens with zero attached hydrogens (tertiary/aromatic N) is 6. The normalized spacial score (nSPS) is 11.1. The first-order valence-electron chi connectivity index (χ1n) is 10.2. The highest BCUT2D eigenvalue weighted by atomic mass is 16.5. The summed E-state index contributed by atoms with van der Waals surface area (Å²) in [5, 5.41) is 15.2. The Labute approximate surface area is 179 Å². The molecule has 0 saturated carbocycles.